The second-order valence-electron chi connectivity index (χ2n) is 4.75. The fourth-order valence-corrected chi connectivity index (χ4v) is 2.31. The molecule has 1 aliphatic rings. The number of hydrogen-bond acceptors (Lipinski definition) is 3. The number of hydrogen-bond donors (Lipinski definition) is 0. The number of amides is 1. The molecule has 1 fully saturated rings. The molecule has 2 aromatic rings. The molecule has 1 saturated heterocycles. The van der Waals surface area contributed by atoms with Crippen molar-refractivity contribution < 1.29 is 18.3 Å². The first-order valence-electron chi connectivity index (χ1n) is 6.46. The maximum absolute atomic E-state index is 13.1. The van der Waals surface area contributed by atoms with Crippen LogP contribution in [0.25, 0.3) is 0 Å². The molecular weight excluding hydrogens is 261 g/mol. The van der Waals surface area contributed by atoms with Gasteiger partial charge in [-0.2, -0.15) is 0 Å². The van der Waals surface area contributed by atoms with Gasteiger partial charge in [-0.1, -0.05) is 6.07 Å². The smallest absolute Gasteiger partial charge is 0.257 e. The Kier molecular flexibility index (Phi) is 3.41. The van der Waals surface area contributed by atoms with E-state index in [0.29, 0.717) is 24.4 Å². The fraction of sp³-hybridized carbons (Fsp3) is 0.267. The average Bonchev–Trinajstić information content (AvgIpc) is 3.09. The first-order chi connectivity index (χ1) is 9.72. The number of carbonyl (C=O) groups excluding carboxylic acids is 1. The van der Waals surface area contributed by atoms with Gasteiger partial charge in [0.05, 0.1) is 18.4 Å². The van der Waals surface area contributed by atoms with Crippen molar-refractivity contribution in [1.82, 2.24) is 4.90 Å². The number of ether oxygens (including phenoxy) is 1. The van der Waals surface area contributed by atoms with Crippen molar-refractivity contribution in [3.8, 4) is 5.75 Å². The van der Waals surface area contributed by atoms with Crippen LogP contribution >= 0.6 is 0 Å². The number of nitrogens with zero attached hydrogens (tertiary/aromatic N) is 1. The average molecular weight is 275 g/mol. The molecule has 1 aliphatic heterocycles. The summed E-state index contributed by atoms with van der Waals surface area (Å²) in [6.07, 6.45) is 3.54. The van der Waals surface area contributed by atoms with Crippen LogP contribution in [0.5, 0.6) is 5.75 Å². The van der Waals surface area contributed by atoms with Gasteiger partial charge in [-0.05, 0) is 18.2 Å². The molecule has 1 unspecified atom stereocenters. The van der Waals surface area contributed by atoms with Gasteiger partial charge in [-0.15, -0.1) is 0 Å². The Hall–Kier alpha value is -2.30. The Bertz CT molecular complexity index is 597. The van der Waals surface area contributed by atoms with Crippen molar-refractivity contribution in [3.63, 3.8) is 0 Å². The van der Waals surface area contributed by atoms with E-state index in [4.69, 9.17) is 9.15 Å². The largest absolute Gasteiger partial charge is 0.488 e. The van der Waals surface area contributed by atoms with Gasteiger partial charge in [0.25, 0.3) is 5.91 Å². The van der Waals surface area contributed by atoms with Gasteiger partial charge in [0.1, 0.15) is 23.9 Å². The summed E-state index contributed by atoms with van der Waals surface area (Å²) >= 11 is 0. The zero-order valence-electron chi connectivity index (χ0n) is 10.8. The van der Waals surface area contributed by atoms with Crippen LogP contribution in [0.4, 0.5) is 4.39 Å². The zero-order valence-corrected chi connectivity index (χ0v) is 10.8. The van der Waals surface area contributed by atoms with Crippen molar-refractivity contribution >= 4 is 5.91 Å². The zero-order chi connectivity index (χ0) is 13.9. The summed E-state index contributed by atoms with van der Waals surface area (Å²) in [7, 11) is 0. The highest BCUT2D eigenvalue weighted by Gasteiger charge is 2.28. The number of rotatable bonds is 3. The van der Waals surface area contributed by atoms with Gasteiger partial charge in [0.15, 0.2) is 0 Å². The van der Waals surface area contributed by atoms with Gasteiger partial charge < -0.3 is 14.1 Å². The number of likely N-dealkylation sites (tertiary alicyclic amines) is 1. The quantitative estimate of drug-likeness (QED) is 0.865. The third-order valence-electron chi connectivity index (χ3n) is 3.30. The molecule has 104 valence electrons. The fourth-order valence-electron chi connectivity index (χ4n) is 2.31. The SMILES string of the molecule is O=C(c1ccoc1)N1CCC(Oc2cccc(F)c2)C1. The molecule has 1 aromatic heterocycles. The van der Waals surface area contributed by atoms with E-state index in [-0.39, 0.29) is 17.8 Å². The molecule has 0 radical (unpaired) electrons. The van der Waals surface area contributed by atoms with Crippen LogP contribution in [-0.4, -0.2) is 30.0 Å². The van der Waals surface area contributed by atoms with E-state index >= 15 is 0 Å². The van der Waals surface area contributed by atoms with Crippen LogP contribution < -0.4 is 4.74 Å². The maximum atomic E-state index is 13.1. The van der Waals surface area contributed by atoms with Crippen molar-refractivity contribution in [2.24, 2.45) is 0 Å². The number of halogens is 1. The van der Waals surface area contributed by atoms with E-state index in [1.807, 2.05) is 0 Å². The molecule has 1 amide bonds. The second-order valence-corrected chi connectivity index (χ2v) is 4.75. The van der Waals surface area contributed by atoms with Crippen molar-refractivity contribution in [2.45, 2.75) is 12.5 Å². The van der Waals surface area contributed by atoms with E-state index in [1.54, 1.807) is 23.1 Å². The standard InChI is InChI=1S/C15H14FNO3/c16-12-2-1-3-13(8-12)20-14-4-6-17(9-14)15(18)11-5-7-19-10-11/h1-3,5,7-8,10,14H,4,6,9H2. The molecule has 0 saturated carbocycles. The first kappa shape index (κ1) is 12.7. The van der Waals surface area contributed by atoms with Gasteiger partial charge in [-0.3, -0.25) is 4.79 Å². The minimum absolute atomic E-state index is 0.0657. The van der Waals surface area contributed by atoms with Crippen LogP contribution in [0.2, 0.25) is 0 Å². The molecule has 2 heterocycles. The lowest BCUT2D eigenvalue weighted by atomic mass is 10.3. The maximum Gasteiger partial charge on any atom is 0.257 e. The van der Waals surface area contributed by atoms with Gasteiger partial charge in [-0.25, -0.2) is 4.39 Å². The molecule has 20 heavy (non-hydrogen) atoms. The monoisotopic (exact) mass is 275 g/mol. The molecule has 0 spiro atoms. The van der Waals surface area contributed by atoms with Crippen molar-refractivity contribution in [2.75, 3.05) is 13.1 Å². The minimum Gasteiger partial charge on any atom is -0.488 e. The van der Waals surface area contributed by atoms with Crippen LogP contribution in [0.15, 0.2) is 47.3 Å². The van der Waals surface area contributed by atoms with Crippen LogP contribution in [0.3, 0.4) is 0 Å². The normalized spacial score (nSPS) is 18.2. The summed E-state index contributed by atoms with van der Waals surface area (Å²) in [4.78, 5) is 13.8. The minimum atomic E-state index is -0.327. The molecule has 1 aromatic carbocycles. The lowest BCUT2D eigenvalue weighted by Crippen LogP contribution is -2.30. The summed E-state index contributed by atoms with van der Waals surface area (Å²) in [6.45, 7) is 1.13. The summed E-state index contributed by atoms with van der Waals surface area (Å²) in [5, 5.41) is 0. The first-order valence-corrected chi connectivity index (χ1v) is 6.46. The number of furan rings is 1. The van der Waals surface area contributed by atoms with E-state index in [1.165, 1.54) is 24.7 Å². The Morgan fingerprint density at radius 3 is 3.05 bits per heavy atom. The molecule has 0 N–H and O–H groups in total. The highest BCUT2D eigenvalue weighted by atomic mass is 19.1. The van der Waals surface area contributed by atoms with E-state index in [2.05, 4.69) is 0 Å². The molecule has 1 atom stereocenters. The number of carbonyl (C=O) groups is 1. The topological polar surface area (TPSA) is 42.7 Å². The molecule has 0 aliphatic carbocycles. The predicted molar refractivity (Wildman–Crippen MR) is 70.0 cm³/mol. The van der Waals surface area contributed by atoms with Gasteiger partial charge in [0.2, 0.25) is 0 Å². The Morgan fingerprint density at radius 2 is 2.30 bits per heavy atom. The summed E-state index contributed by atoms with van der Waals surface area (Å²) in [5.41, 5.74) is 0.538. The number of benzene rings is 1. The molecule has 0 bridgehead atoms. The highest BCUT2D eigenvalue weighted by Crippen LogP contribution is 2.20. The molecule has 5 heteroatoms. The van der Waals surface area contributed by atoms with Crippen LogP contribution in [-0.2, 0) is 0 Å². The van der Waals surface area contributed by atoms with E-state index in [0.717, 1.165) is 6.42 Å². The summed E-state index contributed by atoms with van der Waals surface area (Å²) < 4.78 is 23.7. The summed E-state index contributed by atoms with van der Waals surface area (Å²) in [5.74, 6) is 0.100. The third kappa shape index (κ3) is 2.66. The highest BCUT2D eigenvalue weighted by molar-refractivity contribution is 5.94. The Morgan fingerprint density at radius 1 is 1.40 bits per heavy atom. The van der Waals surface area contributed by atoms with Gasteiger partial charge >= 0.3 is 0 Å². The van der Waals surface area contributed by atoms with E-state index < -0.39 is 0 Å². The van der Waals surface area contributed by atoms with Crippen molar-refractivity contribution in [3.05, 3.63) is 54.2 Å². The lowest BCUT2D eigenvalue weighted by molar-refractivity contribution is 0.0771. The molecular formula is C15H14FNO3. The van der Waals surface area contributed by atoms with Crippen LogP contribution in [0, 0.1) is 5.82 Å². The summed E-state index contributed by atoms with van der Waals surface area (Å²) in [6, 6.07) is 7.68. The lowest BCUT2D eigenvalue weighted by Gasteiger charge is -2.16. The predicted octanol–water partition coefficient (Wildman–Crippen LogP) is 2.71. The molecule has 4 nitrogen and oxygen atoms in total. The van der Waals surface area contributed by atoms with Gasteiger partial charge in [0, 0.05) is 19.0 Å². The Balaban J connectivity index is 1.61. The van der Waals surface area contributed by atoms with Crippen molar-refractivity contribution in [1.29, 1.82) is 0 Å². The Labute approximate surface area is 115 Å². The third-order valence-corrected chi connectivity index (χ3v) is 3.30. The van der Waals surface area contributed by atoms with E-state index in [9.17, 15) is 9.18 Å². The second kappa shape index (κ2) is 5.36. The molecule has 3 rings (SSSR count). The van der Waals surface area contributed by atoms with Crippen LogP contribution in [0.1, 0.15) is 16.8 Å².